The van der Waals surface area contributed by atoms with Gasteiger partial charge < -0.3 is 5.11 Å². The molecule has 0 spiro atoms. The Hall–Kier alpha value is -1.36. The highest BCUT2D eigenvalue weighted by atomic mass is 19.3. The van der Waals surface area contributed by atoms with Crippen LogP contribution in [0.25, 0.3) is 0 Å². The molecule has 0 aromatic carbocycles. The van der Waals surface area contributed by atoms with E-state index in [9.17, 15) is 18.7 Å². The van der Waals surface area contributed by atoms with E-state index in [-0.39, 0.29) is 5.56 Å². The predicted molar refractivity (Wildman–Crippen MR) is 54.0 cm³/mol. The minimum Gasteiger partial charge on any atom is -0.382 e. The Balaban J connectivity index is 2.97. The number of Topliss-reactive ketones (excluding diaryl/α,β-unsaturated/α-hetero) is 1. The van der Waals surface area contributed by atoms with Crippen molar-refractivity contribution in [3.8, 4) is 0 Å². The van der Waals surface area contributed by atoms with Crippen LogP contribution >= 0.6 is 0 Å². The van der Waals surface area contributed by atoms with Crippen LogP contribution in [0.3, 0.4) is 0 Å². The largest absolute Gasteiger partial charge is 0.382 e. The van der Waals surface area contributed by atoms with Crippen molar-refractivity contribution in [1.29, 1.82) is 0 Å². The van der Waals surface area contributed by atoms with Crippen molar-refractivity contribution in [3.05, 3.63) is 30.1 Å². The van der Waals surface area contributed by atoms with Gasteiger partial charge in [-0.15, -0.1) is 0 Å². The zero-order chi connectivity index (χ0) is 12.3. The number of aromatic nitrogens is 1. The first-order valence-corrected chi connectivity index (χ1v) is 4.87. The monoisotopic (exact) mass is 229 g/mol. The molecule has 1 aromatic heterocycles. The fourth-order valence-corrected chi connectivity index (χ4v) is 1.27. The van der Waals surface area contributed by atoms with Crippen LogP contribution in [0.5, 0.6) is 0 Å². The summed E-state index contributed by atoms with van der Waals surface area (Å²) in [6, 6.07) is 2.73. The molecule has 1 atom stereocenters. The number of carbonyl (C=O) groups excluding carboxylic acids is 1. The second kappa shape index (κ2) is 4.65. The number of hydrogen-bond acceptors (Lipinski definition) is 3. The van der Waals surface area contributed by atoms with Crippen molar-refractivity contribution in [2.45, 2.75) is 25.9 Å². The summed E-state index contributed by atoms with van der Waals surface area (Å²) >= 11 is 0. The predicted octanol–water partition coefficient (Wildman–Crippen LogP) is 1.98. The van der Waals surface area contributed by atoms with Crippen molar-refractivity contribution < 1.29 is 18.7 Å². The van der Waals surface area contributed by atoms with Gasteiger partial charge in [-0.2, -0.15) is 8.78 Å². The molecule has 0 aliphatic heterocycles. The number of alkyl halides is 2. The van der Waals surface area contributed by atoms with Crippen molar-refractivity contribution in [2.24, 2.45) is 5.92 Å². The summed E-state index contributed by atoms with van der Waals surface area (Å²) in [4.78, 5) is 14.9. The van der Waals surface area contributed by atoms with Crippen LogP contribution in [0.4, 0.5) is 8.78 Å². The highest BCUT2D eigenvalue weighted by molar-refractivity contribution is 5.88. The van der Waals surface area contributed by atoms with E-state index in [4.69, 9.17) is 0 Å². The number of aliphatic hydroxyl groups is 1. The number of rotatable bonds is 4. The molecule has 0 aliphatic carbocycles. The second-order valence-electron chi connectivity index (χ2n) is 3.83. The third kappa shape index (κ3) is 2.41. The third-order valence-electron chi connectivity index (χ3n) is 2.20. The Bertz CT molecular complexity index is 366. The molecule has 0 aliphatic rings. The summed E-state index contributed by atoms with van der Waals surface area (Å²) in [5, 5.41) is 9.46. The van der Waals surface area contributed by atoms with Crippen LogP contribution in [0.2, 0.25) is 0 Å². The van der Waals surface area contributed by atoms with Crippen molar-refractivity contribution in [3.63, 3.8) is 0 Å². The Morgan fingerprint density at radius 2 is 2.12 bits per heavy atom. The van der Waals surface area contributed by atoms with E-state index in [1.807, 2.05) is 0 Å². The van der Waals surface area contributed by atoms with Gasteiger partial charge in [0.25, 0.3) is 0 Å². The maximum Gasteiger partial charge on any atom is 0.334 e. The van der Waals surface area contributed by atoms with E-state index < -0.39 is 23.7 Å². The normalized spacial score (nSPS) is 13.9. The Morgan fingerprint density at radius 3 is 2.56 bits per heavy atom. The van der Waals surface area contributed by atoms with Gasteiger partial charge in [0.2, 0.25) is 5.78 Å². The molecule has 0 fully saturated rings. The molecule has 0 radical (unpaired) electrons. The smallest absolute Gasteiger partial charge is 0.334 e. The number of nitrogens with zero attached hydrogens (tertiary/aromatic N) is 1. The molecule has 1 heterocycles. The fraction of sp³-hybridized carbons (Fsp3) is 0.455. The lowest BCUT2D eigenvalue weighted by Gasteiger charge is -2.22. The van der Waals surface area contributed by atoms with E-state index in [2.05, 4.69) is 4.98 Å². The van der Waals surface area contributed by atoms with Crippen LogP contribution < -0.4 is 0 Å². The first-order valence-electron chi connectivity index (χ1n) is 4.87. The minimum absolute atomic E-state index is 0.0681. The Morgan fingerprint density at radius 1 is 1.50 bits per heavy atom. The standard InChI is InChI=1S/C11H13F2NO2/c1-7(2)9(15)11(12,13)10(16)8-4-3-5-14-6-8/h3-7,10,16H,1-2H3. The van der Waals surface area contributed by atoms with Crippen LogP contribution in [0, 0.1) is 5.92 Å². The topological polar surface area (TPSA) is 50.2 Å². The molecule has 1 N–H and O–H groups in total. The molecule has 1 unspecified atom stereocenters. The van der Waals surface area contributed by atoms with Gasteiger partial charge in [0.05, 0.1) is 0 Å². The van der Waals surface area contributed by atoms with Crippen molar-refractivity contribution >= 4 is 5.78 Å². The fourth-order valence-electron chi connectivity index (χ4n) is 1.27. The minimum atomic E-state index is -3.78. The van der Waals surface area contributed by atoms with Gasteiger partial charge in [-0.3, -0.25) is 9.78 Å². The maximum atomic E-state index is 13.5. The lowest BCUT2D eigenvalue weighted by atomic mass is 9.95. The van der Waals surface area contributed by atoms with E-state index in [0.717, 1.165) is 6.20 Å². The summed E-state index contributed by atoms with van der Waals surface area (Å²) in [6.07, 6.45) is 0.376. The summed E-state index contributed by atoms with van der Waals surface area (Å²) in [6.45, 7) is 2.73. The maximum absolute atomic E-state index is 13.5. The van der Waals surface area contributed by atoms with E-state index >= 15 is 0 Å². The molecule has 5 heteroatoms. The lowest BCUT2D eigenvalue weighted by Crippen LogP contribution is -2.38. The van der Waals surface area contributed by atoms with Gasteiger partial charge in [-0.05, 0) is 6.07 Å². The number of carbonyl (C=O) groups is 1. The molecular weight excluding hydrogens is 216 g/mol. The molecule has 16 heavy (non-hydrogen) atoms. The molecule has 0 amide bonds. The van der Waals surface area contributed by atoms with Crippen LogP contribution in [0.1, 0.15) is 25.5 Å². The third-order valence-corrected chi connectivity index (χ3v) is 2.20. The number of halogens is 2. The van der Waals surface area contributed by atoms with E-state index in [1.165, 1.54) is 32.2 Å². The zero-order valence-corrected chi connectivity index (χ0v) is 9.02. The van der Waals surface area contributed by atoms with E-state index in [1.54, 1.807) is 0 Å². The van der Waals surface area contributed by atoms with Gasteiger partial charge in [-0.25, -0.2) is 0 Å². The van der Waals surface area contributed by atoms with Crippen LogP contribution in [0.15, 0.2) is 24.5 Å². The highest BCUT2D eigenvalue weighted by Gasteiger charge is 2.47. The number of hydrogen-bond donors (Lipinski definition) is 1. The molecule has 0 saturated carbocycles. The first kappa shape index (κ1) is 12.7. The summed E-state index contributed by atoms with van der Waals surface area (Å²) in [5.41, 5.74) is -0.0681. The highest BCUT2D eigenvalue weighted by Crippen LogP contribution is 2.33. The summed E-state index contributed by atoms with van der Waals surface area (Å²) < 4.78 is 27.0. The Labute approximate surface area is 92.1 Å². The lowest BCUT2D eigenvalue weighted by molar-refractivity contribution is -0.165. The quantitative estimate of drug-likeness (QED) is 0.858. The van der Waals surface area contributed by atoms with Crippen LogP contribution in [-0.4, -0.2) is 21.8 Å². The van der Waals surface area contributed by atoms with Gasteiger partial charge in [0.15, 0.2) is 6.10 Å². The van der Waals surface area contributed by atoms with Crippen molar-refractivity contribution in [2.75, 3.05) is 0 Å². The molecule has 1 rings (SSSR count). The first-order chi connectivity index (χ1) is 7.37. The molecule has 1 aromatic rings. The van der Waals surface area contributed by atoms with Gasteiger partial charge in [0, 0.05) is 23.9 Å². The Kier molecular flexibility index (Phi) is 3.70. The molecule has 88 valence electrons. The number of ketones is 1. The summed E-state index contributed by atoms with van der Waals surface area (Å²) in [5.74, 6) is -5.89. The number of pyridine rings is 1. The molecule has 0 saturated heterocycles. The van der Waals surface area contributed by atoms with Crippen LogP contribution in [-0.2, 0) is 4.79 Å². The van der Waals surface area contributed by atoms with E-state index in [0.29, 0.717) is 0 Å². The SMILES string of the molecule is CC(C)C(=O)C(F)(F)C(O)c1cccnc1. The van der Waals surface area contributed by atoms with Gasteiger partial charge >= 0.3 is 5.92 Å². The second-order valence-corrected chi connectivity index (χ2v) is 3.83. The average Bonchev–Trinajstić information content (AvgIpc) is 2.28. The van der Waals surface area contributed by atoms with Gasteiger partial charge in [-0.1, -0.05) is 19.9 Å². The molecule has 3 nitrogen and oxygen atoms in total. The number of aliphatic hydroxyl groups excluding tert-OH is 1. The zero-order valence-electron chi connectivity index (χ0n) is 9.02. The molecule has 0 bridgehead atoms. The van der Waals surface area contributed by atoms with Gasteiger partial charge in [0.1, 0.15) is 0 Å². The molecular formula is C11H13F2NO2. The average molecular weight is 229 g/mol. The summed E-state index contributed by atoms with van der Waals surface area (Å²) in [7, 11) is 0. The van der Waals surface area contributed by atoms with Crippen molar-refractivity contribution in [1.82, 2.24) is 4.98 Å².